The molecule has 9 atom stereocenters. The third kappa shape index (κ3) is 41.2. The van der Waals surface area contributed by atoms with Crippen LogP contribution >= 0.6 is 0 Å². The van der Waals surface area contributed by atoms with Crippen LogP contribution in [0, 0.1) is 58.7 Å². The largest absolute Gasteiger partial charge is 0.490 e. The summed E-state index contributed by atoms with van der Waals surface area (Å²) in [7, 11) is 0. The van der Waals surface area contributed by atoms with E-state index < -0.39 is 5.60 Å². The molecule has 3 N–H and O–H groups in total. The smallest absolute Gasteiger partial charge is 0.254 e. The highest BCUT2D eigenvalue weighted by Gasteiger charge is 2.55. The van der Waals surface area contributed by atoms with E-state index in [1.165, 1.54) is 74.5 Å². The van der Waals surface area contributed by atoms with Crippen LogP contribution in [0.3, 0.4) is 0 Å². The summed E-state index contributed by atoms with van der Waals surface area (Å²) >= 11 is 0. The van der Waals surface area contributed by atoms with Crippen LogP contribution in [0.1, 0.15) is 419 Å². The first-order chi connectivity index (χ1) is 61.4. The van der Waals surface area contributed by atoms with Gasteiger partial charge in [-0.3, -0.25) is 29.1 Å². The summed E-state index contributed by atoms with van der Waals surface area (Å²) in [6.07, 6.45) is 24.0. The van der Waals surface area contributed by atoms with Crippen LogP contribution in [0.5, 0.6) is 5.75 Å². The molecule has 2 aliphatic carbocycles. The molecule has 9 heterocycles. The Morgan fingerprint density at radius 3 is 1.52 bits per heavy atom. The maximum atomic E-state index is 12.7. The minimum atomic E-state index is -0.556. The number of carbonyl (C=O) groups excluding carboxylic acids is 4. The maximum Gasteiger partial charge on any atom is 0.254 e. The van der Waals surface area contributed by atoms with Gasteiger partial charge in [-0.05, 0) is 200 Å². The van der Waals surface area contributed by atoms with E-state index in [0.29, 0.717) is 127 Å². The summed E-state index contributed by atoms with van der Waals surface area (Å²) in [4.78, 5) is 71.8. The van der Waals surface area contributed by atoms with Gasteiger partial charge < -0.3 is 53.9 Å². The van der Waals surface area contributed by atoms with Crippen LogP contribution in [-0.4, -0.2) is 178 Å². The standard InChI is InChI=1S/C14H25NO2.C14H19NO2.C14H20O2.C13H18N2O.C13H23NO.C12H16N2O.C10H19NO2.7C3H8/c1-10(2)12-5-8-17-9-14(12)6-7-15(11(3)4)13(14)16;1-10(2)11-6-4-5-7-12(11)13-15-8-14(3,9-16)17-13;1-11(2)13-5-3-4-6-14(13)16-12-7-9-15-10-8-12;1-9(2)11-7-14-6-5-10(11)12-15-13(3,4)8-16-12;1-8(2)11-6-5-10-7-14(9(3)4)13(15)12(10)11;1-4-14-7-9-5-13-6-10(8(2)3)11(9)12(14)15;1-6(2)8-4-9(8)10(13)11-7(3)5-12;7*1-3-2/h10-12H,5-9H2,1-4H3;4-7,10,16H,8-9H2,1-3H3;3-6,11-12H,7-10H2,1-2H3;5-7,9H,8H2,1-4H3;8-12H,5-7H2,1-4H3;5-6,8H,4,7H2,1-3H3;6-9,12H,4-5H2,1-3H3,(H,11,13);7*3H2,1-2H3. The Bertz CT molecular complexity index is 3750. The van der Waals surface area contributed by atoms with Crippen molar-refractivity contribution < 1.29 is 53.1 Å². The van der Waals surface area contributed by atoms with Gasteiger partial charge in [0.25, 0.3) is 5.91 Å². The van der Waals surface area contributed by atoms with E-state index >= 15 is 0 Å². The van der Waals surface area contributed by atoms with Crippen LogP contribution in [0.4, 0.5) is 0 Å². The zero-order chi connectivity index (χ0) is 99.4. The van der Waals surface area contributed by atoms with Crippen molar-refractivity contribution >= 4 is 35.4 Å². The molecular formula is C111H196N8O11. The van der Waals surface area contributed by atoms with Gasteiger partial charge in [-0.25, -0.2) is 9.98 Å². The van der Waals surface area contributed by atoms with Gasteiger partial charge in [-0.1, -0.05) is 275 Å². The number of nitrogens with one attached hydrogen (secondary N) is 1. The summed E-state index contributed by atoms with van der Waals surface area (Å²) < 4.78 is 28.5. The average molecular weight is 1820 g/mol. The van der Waals surface area contributed by atoms with Gasteiger partial charge in [0.05, 0.1) is 56.1 Å². The van der Waals surface area contributed by atoms with Gasteiger partial charge in [-0.2, -0.15) is 0 Å². The molecule has 0 bridgehead atoms. The Morgan fingerprint density at radius 1 is 0.554 bits per heavy atom. The number of nitrogens with zero attached hydrogens (tertiary/aromatic N) is 7. The molecule has 4 aromatic rings. The maximum absolute atomic E-state index is 12.7. The molecule has 2 saturated carbocycles. The van der Waals surface area contributed by atoms with Crippen molar-refractivity contribution in [1.82, 2.24) is 30.0 Å². The summed E-state index contributed by atoms with van der Waals surface area (Å²) in [6.45, 7) is 86.3. The molecule has 19 nitrogen and oxygen atoms in total. The minimum absolute atomic E-state index is 0.0101. The van der Waals surface area contributed by atoms with Crippen LogP contribution in [-0.2, 0) is 39.9 Å². The quantitative estimate of drug-likeness (QED) is 0.0843. The van der Waals surface area contributed by atoms with E-state index in [-0.39, 0.29) is 47.9 Å². The topological polar surface area (TPSA) is 227 Å². The summed E-state index contributed by atoms with van der Waals surface area (Å²) in [5.74, 6) is 9.98. The normalized spacial score (nSPS) is 21.7. The summed E-state index contributed by atoms with van der Waals surface area (Å²) in [5.41, 5.74) is 8.02. The highest BCUT2D eigenvalue weighted by atomic mass is 16.5. The van der Waals surface area contributed by atoms with E-state index in [1.54, 1.807) is 6.20 Å². The molecule has 13 rings (SSSR count). The van der Waals surface area contributed by atoms with Crippen molar-refractivity contribution in [1.29, 1.82) is 0 Å². The molecule has 4 amide bonds. The second kappa shape index (κ2) is 65.8. The number of ether oxygens (including phenoxy) is 5. The lowest BCUT2D eigenvalue weighted by Gasteiger charge is -2.42. The van der Waals surface area contributed by atoms with Gasteiger partial charge in [0, 0.05) is 117 Å². The number of aromatic nitrogens is 2. The van der Waals surface area contributed by atoms with Gasteiger partial charge in [0.2, 0.25) is 29.5 Å². The number of aliphatic hydroxyl groups is 2. The monoisotopic (exact) mass is 1820 g/mol. The predicted octanol–water partition coefficient (Wildman–Crippen LogP) is 26.2. The van der Waals surface area contributed by atoms with Crippen LogP contribution in [0.15, 0.2) is 89.4 Å². The molecule has 130 heavy (non-hydrogen) atoms. The van der Waals surface area contributed by atoms with Gasteiger partial charge in [0.15, 0.2) is 5.60 Å². The van der Waals surface area contributed by atoms with Crippen molar-refractivity contribution in [2.45, 2.75) is 412 Å². The van der Waals surface area contributed by atoms with Gasteiger partial charge >= 0.3 is 0 Å². The lowest BCUT2D eigenvalue weighted by Crippen LogP contribution is -2.49. The molecular weight excluding hydrogens is 1620 g/mol. The van der Waals surface area contributed by atoms with Crippen molar-refractivity contribution in [3.8, 4) is 5.75 Å². The highest BCUT2D eigenvalue weighted by Crippen LogP contribution is 2.49. The summed E-state index contributed by atoms with van der Waals surface area (Å²) in [5, 5.41) is 20.8. The lowest BCUT2D eigenvalue weighted by atomic mass is 9.67. The number of aliphatic hydroxyl groups excluding tert-OH is 2. The molecule has 6 fully saturated rings. The molecule has 2 aromatic heterocycles. The van der Waals surface area contributed by atoms with Crippen LogP contribution < -0.4 is 10.1 Å². The fourth-order valence-electron chi connectivity index (χ4n) is 16.5. The molecule has 9 unspecified atom stereocenters. The van der Waals surface area contributed by atoms with E-state index in [4.69, 9.17) is 28.8 Å². The second-order valence-corrected chi connectivity index (χ2v) is 40.4. The number of hydrogen-bond donors (Lipinski definition) is 3. The van der Waals surface area contributed by atoms with E-state index in [2.05, 4.69) is 290 Å². The Balaban J connectivity index is 0.00000144. The fraction of sp³-hybridized carbons (Fsp3) is 0.748. The third-order valence-electron chi connectivity index (χ3n) is 23.2. The van der Waals surface area contributed by atoms with Crippen molar-refractivity contribution in [2.75, 3.05) is 72.4 Å². The van der Waals surface area contributed by atoms with E-state index in [1.807, 2.05) is 79.5 Å². The first-order valence-corrected chi connectivity index (χ1v) is 51.2. The Kier molecular flexibility index (Phi) is 62.3. The first kappa shape index (κ1) is 123. The molecule has 1 spiro atoms. The minimum Gasteiger partial charge on any atom is -0.490 e. The third-order valence-corrected chi connectivity index (χ3v) is 23.2. The average Bonchev–Trinajstić information content (AvgIpc) is 1.59. The van der Waals surface area contributed by atoms with Crippen molar-refractivity contribution in [2.24, 2.45) is 68.7 Å². The fourth-order valence-corrected chi connectivity index (χ4v) is 16.5. The number of pyridine rings is 2. The number of amides is 4. The molecule has 7 aliphatic heterocycles. The number of fused-ring (bicyclic) bond motifs is 2. The van der Waals surface area contributed by atoms with Gasteiger partial charge in [0.1, 0.15) is 18.5 Å². The lowest BCUT2D eigenvalue weighted by molar-refractivity contribution is -0.151. The second-order valence-electron chi connectivity index (χ2n) is 40.4. The van der Waals surface area contributed by atoms with E-state index in [0.717, 1.165) is 118 Å². The molecule has 4 saturated heterocycles. The molecule has 2 aromatic carbocycles. The van der Waals surface area contributed by atoms with E-state index in [9.17, 15) is 24.3 Å². The SMILES string of the molecule is CC(C)C1CCC2CN(C(C)C)C(=O)C21.CC(C)C1CCOCC12CCN(C(C)C)C2=O.CC(C)c1ccccc1C1=NCC(C)(CO)O1.CC(C)c1ccccc1OC1CCOCC1.CC(C)c1cnccc1C1=NC(C)(C)CO1.CC(CO)NC(=O)C1CC1C(C)C.CCC.CCC.CCC.CCC.CCC.CCC.CCC.CCN1Cc2cncc(C(C)C)c2C1=O. The number of hydrogen-bond acceptors (Lipinski definition) is 15. The first-order valence-electron chi connectivity index (χ1n) is 51.2. The Morgan fingerprint density at radius 2 is 1.06 bits per heavy atom. The van der Waals surface area contributed by atoms with Crippen LogP contribution in [0.2, 0.25) is 0 Å². The van der Waals surface area contributed by atoms with Gasteiger partial charge in [-0.15, -0.1) is 0 Å². The number of para-hydroxylation sites is 1. The molecule has 0 radical (unpaired) electrons. The molecule has 19 heteroatoms. The van der Waals surface area contributed by atoms with Crippen molar-refractivity contribution in [3.63, 3.8) is 0 Å². The number of benzene rings is 2. The Labute approximate surface area is 796 Å². The van der Waals surface area contributed by atoms with Crippen molar-refractivity contribution in [3.05, 3.63) is 124 Å². The number of aliphatic imine (C=N–C) groups is 2. The number of rotatable bonds is 18. The predicted molar refractivity (Wildman–Crippen MR) is 549 cm³/mol. The number of likely N-dealkylation sites (tertiary alicyclic amines) is 2. The zero-order valence-electron chi connectivity index (χ0n) is 89.9. The Hall–Kier alpha value is -6.80. The van der Waals surface area contributed by atoms with Crippen LogP contribution in [0.25, 0.3) is 0 Å². The summed E-state index contributed by atoms with van der Waals surface area (Å²) in [6, 6.07) is 19.1. The molecule has 746 valence electrons. The molecule has 9 aliphatic rings. The number of carbonyl (C=O) groups is 4. The highest BCUT2D eigenvalue weighted by molar-refractivity contribution is 6.00. The zero-order valence-corrected chi connectivity index (χ0v) is 89.9.